The summed E-state index contributed by atoms with van der Waals surface area (Å²) in [5.74, 6) is -0.784. The Labute approximate surface area is 157 Å². The molecule has 2 saturated carbocycles. The van der Waals surface area contributed by atoms with E-state index >= 15 is 0 Å². The Balaban J connectivity index is 1.48. The van der Waals surface area contributed by atoms with Crippen molar-refractivity contribution in [2.45, 2.75) is 49.6 Å². The molecule has 1 aromatic carbocycles. The number of carbonyl (C=O) groups is 2. The second-order valence-corrected chi connectivity index (χ2v) is 7.75. The average molecular weight is 367 g/mol. The van der Waals surface area contributed by atoms with Crippen molar-refractivity contribution in [3.63, 3.8) is 0 Å². The first kappa shape index (κ1) is 17.6. The number of pyridine rings is 1. The zero-order valence-corrected chi connectivity index (χ0v) is 15.0. The number of amides is 2. The lowest BCUT2D eigenvalue weighted by atomic mass is 9.78. The van der Waals surface area contributed by atoms with E-state index in [0.717, 1.165) is 32.1 Å². The average Bonchev–Trinajstić information content (AvgIpc) is 2.92. The fourth-order valence-electron chi connectivity index (χ4n) is 4.59. The minimum absolute atomic E-state index is 0.105. The van der Waals surface area contributed by atoms with Gasteiger partial charge in [0.05, 0.1) is 0 Å². The predicted octanol–water partition coefficient (Wildman–Crippen LogP) is 3.23. The summed E-state index contributed by atoms with van der Waals surface area (Å²) in [5, 5.41) is 6.35. The van der Waals surface area contributed by atoms with Crippen LogP contribution in [0, 0.1) is 5.82 Å². The van der Waals surface area contributed by atoms with Crippen LogP contribution >= 0.6 is 0 Å². The molecule has 2 amide bonds. The van der Waals surface area contributed by atoms with Crippen LogP contribution in [0.25, 0.3) is 0 Å². The number of nitrogens with one attached hydrogen (secondary N) is 2. The van der Waals surface area contributed by atoms with Crippen molar-refractivity contribution in [3.05, 3.63) is 65.7 Å². The minimum Gasteiger partial charge on any atom is -0.347 e. The van der Waals surface area contributed by atoms with Gasteiger partial charge in [0.15, 0.2) is 0 Å². The maximum absolute atomic E-state index is 13.4. The third kappa shape index (κ3) is 3.56. The summed E-state index contributed by atoms with van der Waals surface area (Å²) < 4.78 is 13.4. The van der Waals surface area contributed by atoms with Crippen LogP contribution in [0.1, 0.15) is 59.2 Å². The maximum Gasteiger partial charge on any atom is 0.251 e. The van der Waals surface area contributed by atoms with E-state index in [4.69, 9.17) is 0 Å². The number of fused-ring (bicyclic) bond motifs is 2. The molecule has 2 aromatic rings. The number of hydrogen-bond acceptors (Lipinski definition) is 3. The van der Waals surface area contributed by atoms with Crippen LogP contribution in [0.2, 0.25) is 0 Å². The van der Waals surface area contributed by atoms with E-state index in [0.29, 0.717) is 17.5 Å². The third-order valence-corrected chi connectivity index (χ3v) is 5.86. The van der Waals surface area contributed by atoms with Gasteiger partial charge in [0, 0.05) is 34.6 Å². The number of rotatable bonds is 4. The van der Waals surface area contributed by atoms with Gasteiger partial charge in [-0.3, -0.25) is 14.6 Å². The SMILES string of the molecule is O=C(NC12CCCC(NC(=O)c3cccc(F)c3)(CC1)C2)c1ccncc1. The van der Waals surface area contributed by atoms with Crippen molar-refractivity contribution in [1.29, 1.82) is 0 Å². The van der Waals surface area contributed by atoms with Crippen LogP contribution < -0.4 is 10.6 Å². The van der Waals surface area contributed by atoms with Crippen molar-refractivity contribution in [3.8, 4) is 0 Å². The van der Waals surface area contributed by atoms with Crippen LogP contribution in [0.4, 0.5) is 4.39 Å². The van der Waals surface area contributed by atoms with Crippen molar-refractivity contribution in [2.24, 2.45) is 0 Å². The molecule has 2 atom stereocenters. The molecule has 2 unspecified atom stereocenters. The predicted molar refractivity (Wildman–Crippen MR) is 98.7 cm³/mol. The normalized spacial score (nSPS) is 26.4. The molecule has 0 radical (unpaired) electrons. The van der Waals surface area contributed by atoms with Crippen molar-refractivity contribution >= 4 is 11.8 Å². The van der Waals surface area contributed by atoms with Crippen LogP contribution in [0.15, 0.2) is 48.8 Å². The molecule has 2 aliphatic rings. The van der Waals surface area contributed by atoms with E-state index in [9.17, 15) is 14.0 Å². The lowest BCUT2D eigenvalue weighted by Crippen LogP contribution is -2.55. The Hall–Kier alpha value is -2.76. The summed E-state index contributed by atoms with van der Waals surface area (Å²) in [7, 11) is 0. The van der Waals surface area contributed by atoms with E-state index in [-0.39, 0.29) is 22.9 Å². The largest absolute Gasteiger partial charge is 0.347 e. The lowest BCUT2D eigenvalue weighted by molar-refractivity contribution is 0.0832. The van der Waals surface area contributed by atoms with Crippen molar-refractivity contribution in [2.75, 3.05) is 0 Å². The zero-order valence-electron chi connectivity index (χ0n) is 15.0. The number of hydrogen-bond donors (Lipinski definition) is 2. The number of halogens is 1. The summed E-state index contributed by atoms with van der Waals surface area (Å²) in [6, 6.07) is 9.13. The summed E-state index contributed by atoms with van der Waals surface area (Å²) >= 11 is 0. The Morgan fingerprint density at radius 1 is 0.889 bits per heavy atom. The highest BCUT2D eigenvalue weighted by atomic mass is 19.1. The molecule has 0 aliphatic heterocycles. The molecular formula is C21H22FN3O2. The first-order valence-electron chi connectivity index (χ1n) is 9.30. The van der Waals surface area contributed by atoms with E-state index in [1.54, 1.807) is 30.6 Å². The molecule has 4 rings (SSSR count). The standard InChI is InChI=1S/C21H22FN3O2/c22-17-4-1-3-16(13-17)19(27)25-21-8-2-7-20(14-21,9-10-21)24-18(26)15-5-11-23-12-6-15/h1,3-6,11-13H,2,7-10,14H2,(H,24,26)(H,25,27). The van der Waals surface area contributed by atoms with Crippen molar-refractivity contribution < 1.29 is 14.0 Å². The molecular weight excluding hydrogens is 345 g/mol. The Bertz CT molecular complexity index is 873. The Kier molecular flexibility index (Phi) is 4.42. The van der Waals surface area contributed by atoms with Gasteiger partial charge in [-0.15, -0.1) is 0 Å². The second-order valence-electron chi connectivity index (χ2n) is 7.75. The van der Waals surface area contributed by atoms with Gasteiger partial charge in [0.1, 0.15) is 5.82 Å². The second kappa shape index (κ2) is 6.76. The lowest BCUT2D eigenvalue weighted by Gasteiger charge is -2.40. The van der Waals surface area contributed by atoms with Crippen LogP contribution in [0.3, 0.4) is 0 Å². The topological polar surface area (TPSA) is 71.1 Å². The molecule has 27 heavy (non-hydrogen) atoms. The number of aromatic nitrogens is 1. The minimum atomic E-state index is -0.422. The molecule has 1 heterocycles. The van der Waals surface area contributed by atoms with Gasteiger partial charge in [-0.25, -0.2) is 4.39 Å². The van der Waals surface area contributed by atoms with Crippen LogP contribution in [-0.2, 0) is 0 Å². The zero-order chi connectivity index (χ0) is 18.9. The molecule has 0 saturated heterocycles. The van der Waals surface area contributed by atoms with Gasteiger partial charge in [0.25, 0.3) is 11.8 Å². The summed E-state index contributed by atoms with van der Waals surface area (Å²) in [6.45, 7) is 0. The Morgan fingerprint density at radius 2 is 1.52 bits per heavy atom. The molecule has 140 valence electrons. The van der Waals surface area contributed by atoms with E-state index in [1.807, 2.05) is 0 Å². The van der Waals surface area contributed by atoms with E-state index < -0.39 is 5.82 Å². The summed E-state index contributed by atoms with van der Waals surface area (Å²) in [6.07, 6.45) is 8.26. The smallest absolute Gasteiger partial charge is 0.251 e. The molecule has 0 spiro atoms. The van der Waals surface area contributed by atoms with E-state index in [1.165, 1.54) is 18.2 Å². The molecule has 2 fully saturated rings. The van der Waals surface area contributed by atoms with Gasteiger partial charge in [-0.05, 0) is 68.9 Å². The van der Waals surface area contributed by atoms with Gasteiger partial charge >= 0.3 is 0 Å². The summed E-state index contributed by atoms with van der Waals surface area (Å²) in [5.41, 5.74) is 0.278. The van der Waals surface area contributed by atoms with Gasteiger partial charge in [-0.1, -0.05) is 6.07 Å². The fraction of sp³-hybridized carbons (Fsp3) is 0.381. The molecule has 5 nitrogen and oxygen atoms in total. The highest BCUT2D eigenvalue weighted by Crippen LogP contribution is 2.48. The molecule has 2 bridgehead atoms. The van der Waals surface area contributed by atoms with Crippen LogP contribution in [-0.4, -0.2) is 27.9 Å². The van der Waals surface area contributed by atoms with Crippen molar-refractivity contribution in [1.82, 2.24) is 15.6 Å². The van der Waals surface area contributed by atoms with E-state index in [2.05, 4.69) is 15.6 Å². The quantitative estimate of drug-likeness (QED) is 0.872. The fourth-order valence-corrected chi connectivity index (χ4v) is 4.59. The maximum atomic E-state index is 13.4. The first-order chi connectivity index (χ1) is 13.0. The first-order valence-corrected chi connectivity index (χ1v) is 9.30. The Morgan fingerprint density at radius 3 is 2.15 bits per heavy atom. The monoisotopic (exact) mass is 367 g/mol. The van der Waals surface area contributed by atoms with Gasteiger partial charge < -0.3 is 10.6 Å². The highest BCUT2D eigenvalue weighted by Gasteiger charge is 2.52. The highest BCUT2D eigenvalue weighted by molar-refractivity contribution is 5.95. The molecule has 2 N–H and O–H groups in total. The molecule has 1 aromatic heterocycles. The number of benzene rings is 1. The third-order valence-electron chi connectivity index (χ3n) is 5.86. The van der Waals surface area contributed by atoms with Gasteiger partial charge in [0.2, 0.25) is 0 Å². The molecule has 6 heteroatoms. The summed E-state index contributed by atoms with van der Waals surface area (Å²) in [4.78, 5) is 29.2. The van der Waals surface area contributed by atoms with Crippen LogP contribution in [0.5, 0.6) is 0 Å². The number of nitrogens with zero attached hydrogens (tertiary/aromatic N) is 1. The van der Waals surface area contributed by atoms with Gasteiger partial charge in [-0.2, -0.15) is 0 Å². The number of carbonyl (C=O) groups excluding carboxylic acids is 2. The molecule has 2 aliphatic carbocycles.